The summed E-state index contributed by atoms with van der Waals surface area (Å²) in [7, 11) is 4.05. The normalized spacial score (nSPS) is 12.2. The van der Waals surface area contributed by atoms with Crippen LogP contribution in [0.1, 0.15) is 30.8 Å². The van der Waals surface area contributed by atoms with E-state index in [2.05, 4.69) is 49.0 Å². The van der Waals surface area contributed by atoms with Crippen LogP contribution in [0.15, 0.2) is 47.8 Å². The number of carbonyl (C=O) groups is 1. The molecule has 7 nitrogen and oxygen atoms in total. The van der Waals surface area contributed by atoms with Crippen LogP contribution in [0.5, 0.6) is 0 Å². The third-order valence-electron chi connectivity index (χ3n) is 4.64. The van der Waals surface area contributed by atoms with E-state index < -0.39 is 0 Å². The third-order valence-corrected chi connectivity index (χ3v) is 6.10. The van der Waals surface area contributed by atoms with Crippen molar-refractivity contribution in [2.45, 2.75) is 31.1 Å². The standard InChI is InChI=1S/C21H24Cl2N6OS/c1-4-17(28(2)3)20-26-27-21(29(20)12-14-8-6-5-7-9-14)31-13-18(30)25-19-16(23)10-15(22)11-24-19/h5-11,17H,4,12-13H2,1-3H3,(H,24,25,30). The maximum atomic E-state index is 12.5. The van der Waals surface area contributed by atoms with Crippen molar-refractivity contribution in [1.29, 1.82) is 0 Å². The Kier molecular flexibility index (Phi) is 8.31. The minimum absolute atomic E-state index is 0.122. The number of amides is 1. The largest absolute Gasteiger partial charge is 0.309 e. The highest BCUT2D eigenvalue weighted by Gasteiger charge is 2.22. The van der Waals surface area contributed by atoms with E-state index in [1.807, 2.05) is 32.3 Å². The average Bonchev–Trinajstić information content (AvgIpc) is 3.12. The first kappa shape index (κ1) is 23.5. The molecule has 164 valence electrons. The number of pyridine rings is 1. The Morgan fingerprint density at radius 1 is 1.23 bits per heavy atom. The number of nitrogens with one attached hydrogen (secondary N) is 1. The first-order chi connectivity index (χ1) is 14.9. The van der Waals surface area contributed by atoms with Gasteiger partial charge < -0.3 is 9.88 Å². The number of thioether (sulfide) groups is 1. The van der Waals surface area contributed by atoms with Gasteiger partial charge in [0.15, 0.2) is 16.8 Å². The minimum Gasteiger partial charge on any atom is -0.309 e. The number of hydrogen-bond acceptors (Lipinski definition) is 6. The molecule has 3 aromatic rings. The number of rotatable bonds is 9. The summed E-state index contributed by atoms with van der Waals surface area (Å²) in [4.78, 5) is 18.7. The van der Waals surface area contributed by atoms with Crippen LogP contribution in [-0.2, 0) is 11.3 Å². The maximum Gasteiger partial charge on any atom is 0.236 e. The molecule has 31 heavy (non-hydrogen) atoms. The Balaban J connectivity index is 1.78. The lowest BCUT2D eigenvalue weighted by Crippen LogP contribution is -2.23. The summed E-state index contributed by atoms with van der Waals surface area (Å²) < 4.78 is 2.08. The van der Waals surface area contributed by atoms with Crippen molar-refractivity contribution in [3.05, 3.63) is 64.0 Å². The van der Waals surface area contributed by atoms with Gasteiger partial charge in [0.05, 0.1) is 28.4 Å². The smallest absolute Gasteiger partial charge is 0.236 e. The van der Waals surface area contributed by atoms with Gasteiger partial charge in [-0.3, -0.25) is 9.69 Å². The molecular formula is C21H24Cl2N6OS. The van der Waals surface area contributed by atoms with Gasteiger partial charge in [-0.05, 0) is 32.1 Å². The van der Waals surface area contributed by atoms with Crippen LogP contribution in [0, 0.1) is 0 Å². The Bertz CT molecular complexity index is 1030. The second-order valence-electron chi connectivity index (χ2n) is 7.12. The van der Waals surface area contributed by atoms with Crippen molar-refractivity contribution in [2.24, 2.45) is 0 Å². The van der Waals surface area contributed by atoms with Crippen molar-refractivity contribution in [1.82, 2.24) is 24.6 Å². The number of nitrogens with zero attached hydrogens (tertiary/aromatic N) is 5. The van der Waals surface area contributed by atoms with Crippen LogP contribution in [0.3, 0.4) is 0 Å². The zero-order chi connectivity index (χ0) is 22.4. The molecule has 0 spiro atoms. The monoisotopic (exact) mass is 478 g/mol. The first-order valence-corrected chi connectivity index (χ1v) is 11.5. The number of benzene rings is 1. The molecular weight excluding hydrogens is 455 g/mol. The Morgan fingerprint density at radius 3 is 2.61 bits per heavy atom. The van der Waals surface area contributed by atoms with E-state index in [1.165, 1.54) is 24.0 Å². The van der Waals surface area contributed by atoms with Crippen molar-refractivity contribution in [3.63, 3.8) is 0 Å². The molecule has 0 fully saturated rings. The van der Waals surface area contributed by atoms with Gasteiger partial charge >= 0.3 is 0 Å². The predicted octanol–water partition coefficient (Wildman–Crippen LogP) is 4.77. The summed E-state index contributed by atoms with van der Waals surface area (Å²) >= 11 is 13.3. The lowest BCUT2D eigenvalue weighted by Gasteiger charge is -2.23. The molecule has 0 aliphatic heterocycles. The first-order valence-electron chi connectivity index (χ1n) is 9.76. The lowest BCUT2D eigenvalue weighted by molar-refractivity contribution is -0.113. The SMILES string of the molecule is CCC(c1nnc(SCC(=O)Nc2ncc(Cl)cc2Cl)n1Cc1ccccc1)N(C)C. The van der Waals surface area contributed by atoms with Gasteiger partial charge in [-0.15, -0.1) is 10.2 Å². The topological polar surface area (TPSA) is 75.9 Å². The summed E-state index contributed by atoms with van der Waals surface area (Å²) in [5, 5.41) is 12.9. The van der Waals surface area contributed by atoms with Crippen LogP contribution < -0.4 is 5.32 Å². The fourth-order valence-electron chi connectivity index (χ4n) is 3.15. The number of anilines is 1. The highest BCUT2D eigenvalue weighted by molar-refractivity contribution is 7.99. The van der Waals surface area contributed by atoms with E-state index in [4.69, 9.17) is 23.2 Å². The van der Waals surface area contributed by atoms with Gasteiger partial charge in [-0.25, -0.2) is 4.98 Å². The third kappa shape index (κ3) is 6.20. The highest BCUT2D eigenvalue weighted by atomic mass is 35.5. The second-order valence-corrected chi connectivity index (χ2v) is 8.91. The molecule has 1 N–H and O–H groups in total. The van der Waals surface area contributed by atoms with Crippen molar-refractivity contribution >= 4 is 46.7 Å². The van der Waals surface area contributed by atoms with E-state index in [-0.39, 0.29) is 28.5 Å². The Hall–Kier alpha value is -2.13. The molecule has 2 heterocycles. The maximum absolute atomic E-state index is 12.5. The molecule has 0 aliphatic rings. The molecule has 0 bridgehead atoms. The second kappa shape index (κ2) is 10.9. The lowest BCUT2D eigenvalue weighted by atomic mass is 10.2. The van der Waals surface area contributed by atoms with Gasteiger partial charge in [0.25, 0.3) is 0 Å². The van der Waals surface area contributed by atoms with Gasteiger partial charge in [0.1, 0.15) is 0 Å². The number of carbonyl (C=O) groups excluding carboxylic acids is 1. The van der Waals surface area contributed by atoms with E-state index in [0.29, 0.717) is 16.7 Å². The van der Waals surface area contributed by atoms with Crippen LogP contribution in [-0.4, -0.2) is 50.4 Å². The van der Waals surface area contributed by atoms with Crippen molar-refractivity contribution < 1.29 is 4.79 Å². The fourth-order valence-corrected chi connectivity index (χ4v) is 4.32. The zero-order valence-electron chi connectivity index (χ0n) is 17.5. The van der Waals surface area contributed by atoms with Crippen molar-refractivity contribution in [2.75, 3.05) is 25.2 Å². The van der Waals surface area contributed by atoms with E-state index in [0.717, 1.165) is 17.8 Å². The molecule has 0 saturated carbocycles. The van der Waals surface area contributed by atoms with Crippen LogP contribution in [0.2, 0.25) is 10.0 Å². The van der Waals surface area contributed by atoms with E-state index in [1.54, 1.807) is 0 Å². The molecule has 10 heteroatoms. The van der Waals surface area contributed by atoms with E-state index in [9.17, 15) is 4.79 Å². The summed E-state index contributed by atoms with van der Waals surface area (Å²) in [6.07, 6.45) is 2.33. The minimum atomic E-state index is -0.239. The summed E-state index contributed by atoms with van der Waals surface area (Å²) in [5.74, 6) is 1.06. The molecule has 0 saturated heterocycles. The molecule has 3 rings (SSSR count). The van der Waals surface area contributed by atoms with Crippen molar-refractivity contribution in [3.8, 4) is 0 Å². The summed E-state index contributed by atoms with van der Waals surface area (Å²) in [6, 6.07) is 11.8. The molecule has 1 unspecified atom stereocenters. The van der Waals surface area contributed by atoms with Crippen LogP contribution >= 0.6 is 35.0 Å². The van der Waals surface area contributed by atoms with Crippen LogP contribution in [0.25, 0.3) is 0 Å². The fraction of sp³-hybridized carbons (Fsp3) is 0.333. The average molecular weight is 479 g/mol. The number of hydrogen-bond donors (Lipinski definition) is 1. The molecule has 0 aliphatic carbocycles. The van der Waals surface area contributed by atoms with Gasteiger partial charge in [0.2, 0.25) is 5.91 Å². The Labute approximate surface area is 196 Å². The van der Waals surface area contributed by atoms with Crippen LogP contribution in [0.4, 0.5) is 5.82 Å². The number of aromatic nitrogens is 4. The molecule has 1 aromatic carbocycles. The molecule has 1 atom stereocenters. The summed E-state index contributed by atoms with van der Waals surface area (Å²) in [6.45, 7) is 2.75. The molecule has 1 amide bonds. The van der Waals surface area contributed by atoms with Gasteiger partial charge in [-0.2, -0.15) is 0 Å². The van der Waals surface area contributed by atoms with Gasteiger partial charge in [0, 0.05) is 6.20 Å². The van der Waals surface area contributed by atoms with E-state index >= 15 is 0 Å². The van der Waals surface area contributed by atoms with Gasteiger partial charge in [-0.1, -0.05) is 72.2 Å². The number of halogens is 2. The highest BCUT2D eigenvalue weighted by Crippen LogP contribution is 2.27. The molecule has 2 aromatic heterocycles. The zero-order valence-corrected chi connectivity index (χ0v) is 19.9. The summed E-state index contributed by atoms with van der Waals surface area (Å²) in [5.41, 5.74) is 1.14. The quantitative estimate of drug-likeness (QED) is 0.446. The Morgan fingerprint density at radius 2 is 1.97 bits per heavy atom. The predicted molar refractivity (Wildman–Crippen MR) is 126 cm³/mol. The molecule has 0 radical (unpaired) electrons.